The van der Waals surface area contributed by atoms with Gasteiger partial charge in [0.15, 0.2) is 0 Å². The molecule has 0 bridgehead atoms. The molecule has 1 heterocycles. The molecule has 0 saturated heterocycles. The van der Waals surface area contributed by atoms with Crippen molar-refractivity contribution in [3.63, 3.8) is 0 Å². The van der Waals surface area contributed by atoms with E-state index in [9.17, 15) is 0 Å². The fourth-order valence-corrected chi connectivity index (χ4v) is 1.60. The van der Waals surface area contributed by atoms with Gasteiger partial charge in [0, 0.05) is 18.4 Å². The number of nitrogens with zero attached hydrogens (tertiary/aromatic N) is 2. The fourth-order valence-electron chi connectivity index (χ4n) is 1.60. The lowest BCUT2D eigenvalue weighted by molar-refractivity contribution is 0.246. The van der Waals surface area contributed by atoms with Crippen LogP contribution in [0.5, 0.6) is 0 Å². The molecule has 0 aliphatic rings. The SMILES string of the molecule is Cc1nccnc1C(C)NCC(C)C(C)(C)C. The first-order chi connectivity index (χ1) is 7.82. The van der Waals surface area contributed by atoms with Crippen LogP contribution in [0.4, 0.5) is 0 Å². The number of nitrogens with one attached hydrogen (secondary N) is 1. The number of hydrogen-bond donors (Lipinski definition) is 1. The molecule has 1 N–H and O–H groups in total. The highest BCUT2D eigenvalue weighted by Gasteiger charge is 2.20. The minimum absolute atomic E-state index is 0.258. The summed E-state index contributed by atoms with van der Waals surface area (Å²) in [7, 11) is 0. The Morgan fingerprint density at radius 3 is 2.29 bits per heavy atom. The van der Waals surface area contributed by atoms with Crippen LogP contribution in [0.3, 0.4) is 0 Å². The van der Waals surface area contributed by atoms with Crippen molar-refractivity contribution >= 4 is 0 Å². The van der Waals surface area contributed by atoms with Crippen LogP contribution < -0.4 is 5.32 Å². The molecule has 0 aliphatic heterocycles. The first-order valence-corrected chi connectivity index (χ1v) is 6.33. The zero-order chi connectivity index (χ0) is 13.1. The first-order valence-electron chi connectivity index (χ1n) is 6.33. The molecule has 0 saturated carbocycles. The molecule has 0 spiro atoms. The zero-order valence-electron chi connectivity index (χ0n) is 11.9. The van der Waals surface area contributed by atoms with Crippen molar-refractivity contribution in [3.8, 4) is 0 Å². The Labute approximate surface area is 105 Å². The van der Waals surface area contributed by atoms with Crippen molar-refractivity contribution < 1.29 is 0 Å². The summed E-state index contributed by atoms with van der Waals surface area (Å²) < 4.78 is 0. The molecule has 0 fully saturated rings. The lowest BCUT2D eigenvalue weighted by atomic mass is 9.82. The van der Waals surface area contributed by atoms with Crippen LogP contribution >= 0.6 is 0 Å². The van der Waals surface area contributed by atoms with E-state index in [-0.39, 0.29) is 6.04 Å². The minimum Gasteiger partial charge on any atom is -0.309 e. The lowest BCUT2D eigenvalue weighted by Crippen LogP contribution is -2.32. The van der Waals surface area contributed by atoms with Gasteiger partial charge in [-0.05, 0) is 31.7 Å². The standard InChI is InChI=1S/C14H25N3/c1-10(14(4,5)6)9-17-12(3)13-11(2)15-7-8-16-13/h7-8,10,12,17H,9H2,1-6H3. The molecule has 0 aliphatic carbocycles. The van der Waals surface area contributed by atoms with Gasteiger partial charge in [-0.1, -0.05) is 27.7 Å². The van der Waals surface area contributed by atoms with Crippen molar-refractivity contribution in [1.29, 1.82) is 0 Å². The Hall–Kier alpha value is -0.960. The maximum absolute atomic E-state index is 4.39. The third-order valence-corrected chi connectivity index (χ3v) is 3.54. The van der Waals surface area contributed by atoms with E-state index in [2.05, 4.69) is 49.9 Å². The smallest absolute Gasteiger partial charge is 0.0782 e. The Kier molecular flexibility index (Phi) is 4.63. The topological polar surface area (TPSA) is 37.8 Å². The first kappa shape index (κ1) is 14.1. The zero-order valence-corrected chi connectivity index (χ0v) is 11.9. The van der Waals surface area contributed by atoms with Crippen LogP contribution in [-0.2, 0) is 0 Å². The van der Waals surface area contributed by atoms with Crippen LogP contribution in [-0.4, -0.2) is 16.5 Å². The largest absolute Gasteiger partial charge is 0.309 e. The minimum atomic E-state index is 0.258. The summed E-state index contributed by atoms with van der Waals surface area (Å²) in [6.07, 6.45) is 3.50. The Bertz CT molecular complexity index is 355. The van der Waals surface area contributed by atoms with E-state index in [0.717, 1.165) is 17.9 Å². The molecule has 3 heteroatoms. The molecule has 1 aromatic heterocycles. The van der Waals surface area contributed by atoms with Crippen molar-refractivity contribution in [2.24, 2.45) is 11.3 Å². The number of rotatable bonds is 4. The third-order valence-electron chi connectivity index (χ3n) is 3.54. The maximum Gasteiger partial charge on any atom is 0.0782 e. The summed E-state index contributed by atoms with van der Waals surface area (Å²) in [5, 5.41) is 3.54. The van der Waals surface area contributed by atoms with E-state index in [1.165, 1.54) is 0 Å². The van der Waals surface area contributed by atoms with Crippen LogP contribution in [0.15, 0.2) is 12.4 Å². The molecule has 2 atom stereocenters. The van der Waals surface area contributed by atoms with Gasteiger partial charge in [0.2, 0.25) is 0 Å². The lowest BCUT2D eigenvalue weighted by Gasteiger charge is -2.28. The molecule has 3 nitrogen and oxygen atoms in total. The second-order valence-corrected chi connectivity index (χ2v) is 5.92. The predicted molar refractivity (Wildman–Crippen MR) is 71.8 cm³/mol. The van der Waals surface area contributed by atoms with Crippen LogP contribution in [0.25, 0.3) is 0 Å². The van der Waals surface area contributed by atoms with Gasteiger partial charge in [0.1, 0.15) is 0 Å². The van der Waals surface area contributed by atoms with E-state index in [1.54, 1.807) is 12.4 Å². The molecule has 0 amide bonds. The molecule has 1 aromatic rings. The molecule has 96 valence electrons. The van der Waals surface area contributed by atoms with E-state index in [4.69, 9.17) is 0 Å². The molecule has 17 heavy (non-hydrogen) atoms. The number of aryl methyl sites for hydroxylation is 1. The number of hydrogen-bond acceptors (Lipinski definition) is 3. The number of aromatic nitrogens is 2. The van der Waals surface area contributed by atoms with E-state index < -0.39 is 0 Å². The van der Waals surface area contributed by atoms with Gasteiger partial charge in [-0.25, -0.2) is 0 Å². The van der Waals surface area contributed by atoms with E-state index >= 15 is 0 Å². The summed E-state index contributed by atoms with van der Waals surface area (Å²) in [5.41, 5.74) is 2.40. The van der Waals surface area contributed by atoms with Crippen LogP contribution in [0.2, 0.25) is 0 Å². The quantitative estimate of drug-likeness (QED) is 0.871. The molecule has 0 aromatic carbocycles. The van der Waals surface area contributed by atoms with Crippen molar-refractivity contribution in [3.05, 3.63) is 23.8 Å². The van der Waals surface area contributed by atoms with E-state index in [1.807, 2.05) is 6.92 Å². The molecule has 1 rings (SSSR count). The van der Waals surface area contributed by atoms with Gasteiger partial charge in [0.25, 0.3) is 0 Å². The maximum atomic E-state index is 4.39. The summed E-state index contributed by atoms with van der Waals surface area (Å²) in [4.78, 5) is 8.67. The monoisotopic (exact) mass is 235 g/mol. The Balaban J connectivity index is 2.57. The van der Waals surface area contributed by atoms with Crippen molar-refractivity contribution in [2.75, 3.05) is 6.54 Å². The predicted octanol–water partition coefficient (Wildman–Crippen LogP) is 3.12. The normalized spacial score (nSPS) is 15.6. The molecular formula is C14H25N3. The fraction of sp³-hybridized carbons (Fsp3) is 0.714. The third kappa shape index (κ3) is 4.08. The second-order valence-electron chi connectivity index (χ2n) is 5.92. The van der Waals surface area contributed by atoms with Gasteiger partial charge >= 0.3 is 0 Å². The van der Waals surface area contributed by atoms with Crippen LogP contribution in [0.1, 0.15) is 52.0 Å². The Morgan fingerprint density at radius 2 is 1.76 bits per heavy atom. The molecule has 0 radical (unpaired) electrons. The second kappa shape index (κ2) is 5.58. The van der Waals surface area contributed by atoms with Gasteiger partial charge in [0.05, 0.1) is 11.4 Å². The highest BCUT2D eigenvalue weighted by molar-refractivity contribution is 5.12. The summed E-state index contributed by atoms with van der Waals surface area (Å²) in [6, 6.07) is 0.258. The van der Waals surface area contributed by atoms with E-state index in [0.29, 0.717) is 11.3 Å². The average Bonchev–Trinajstić information content (AvgIpc) is 2.24. The average molecular weight is 235 g/mol. The van der Waals surface area contributed by atoms with Crippen molar-refractivity contribution in [1.82, 2.24) is 15.3 Å². The van der Waals surface area contributed by atoms with Crippen molar-refractivity contribution in [2.45, 2.75) is 47.6 Å². The summed E-state index contributed by atoms with van der Waals surface area (Å²) in [5.74, 6) is 0.627. The van der Waals surface area contributed by atoms with Crippen LogP contribution in [0, 0.1) is 18.3 Å². The van der Waals surface area contributed by atoms with Gasteiger partial charge < -0.3 is 5.32 Å². The summed E-state index contributed by atoms with van der Waals surface area (Å²) >= 11 is 0. The van der Waals surface area contributed by atoms with Gasteiger partial charge in [-0.2, -0.15) is 0 Å². The highest BCUT2D eigenvalue weighted by Crippen LogP contribution is 2.25. The molecular weight excluding hydrogens is 210 g/mol. The Morgan fingerprint density at radius 1 is 1.18 bits per heavy atom. The highest BCUT2D eigenvalue weighted by atomic mass is 14.9. The molecule has 2 unspecified atom stereocenters. The summed E-state index contributed by atoms with van der Waals surface area (Å²) in [6.45, 7) is 14.3. The van der Waals surface area contributed by atoms with Gasteiger partial charge in [-0.15, -0.1) is 0 Å². The van der Waals surface area contributed by atoms with Gasteiger partial charge in [-0.3, -0.25) is 9.97 Å².